The van der Waals surface area contributed by atoms with Gasteiger partial charge >= 0.3 is 5.97 Å². The van der Waals surface area contributed by atoms with Gasteiger partial charge in [0, 0.05) is 6.54 Å². The maximum Gasteiger partial charge on any atom is 0.334 e. The van der Waals surface area contributed by atoms with Crippen LogP contribution in [-0.2, 0) is 16.1 Å². The van der Waals surface area contributed by atoms with E-state index in [1.807, 2.05) is 0 Å². The molecule has 7 heteroatoms. The van der Waals surface area contributed by atoms with Gasteiger partial charge in [0.15, 0.2) is 6.10 Å². The predicted molar refractivity (Wildman–Crippen MR) is 80.3 cm³/mol. The summed E-state index contributed by atoms with van der Waals surface area (Å²) in [4.78, 5) is 17.5. The Kier molecular flexibility index (Phi) is 5.81. The third kappa shape index (κ3) is 4.54. The zero-order valence-corrected chi connectivity index (χ0v) is 13.3. The van der Waals surface area contributed by atoms with Gasteiger partial charge in [-0.15, -0.1) is 0 Å². The molecule has 1 unspecified atom stereocenters. The molecule has 21 heavy (non-hydrogen) atoms. The van der Waals surface area contributed by atoms with E-state index in [-0.39, 0.29) is 5.92 Å². The van der Waals surface area contributed by atoms with Crippen LogP contribution in [0, 0.1) is 5.92 Å². The summed E-state index contributed by atoms with van der Waals surface area (Å²) in [5.41, 5.74) is 1.01. The number of pyridine rings is 1. The van der Waals surface area contributed by atoms with Crippen LogP contribution in [0.4, 0.5) is 0 Å². The third-order valence-corrected chi connectivity index (χ3v) is 4.14. The second kappa shape index (κ2) is 7.40. The van der Waals surface area contributed by atoms with Gasteiger partial charge in [0.1, 0.15) is 10.3 Å². The smallest absolute Gasteiger partial charge is 0.334 e. The standard InChI is InChI=1S/C14H18Cl2N2O3/c1-21-14(20)13(19)10-2-4-18(5-3-10)8-9-6-11(15)17-12(16)7-9/h6-7,10,13,19H,2-5,8H2,1H3. The molecule has 1 atom stereocenters. The first-order valence-corrected chi connectivity index (χ1v) is 7.55. The summed E-state index contributed by atoms with van der Waals surface area (Å²) in [6, 6.07) is 3.59. The predicted octanol–water partition coefficient (Wildman–Crippen LogP) is 2.13. The molecule has 5 nitrogen and oxygen atoms in total. The minimum atomic E-state index is -1.03. The first-order chi connectivity index (χ1) is 9.99. The van der Waals surface area contributed by atoms with Crippen molar-refractivity contribution in [3.63, 3.8) is 0 Å². The van der Waals surface area contributed by atoms with Crippen molar-refractivity contribution < 1.29 is 14.6 Å². The van der Waals surface area contributed by atoms with E-state index in [0.717, 1.165) is 38.0 Å². The molecule has 0 spiro atoms. The fourth-order valence-electron chi connectivity index (χ4n) is 2.60. The van der Waals surface area contributed by atoms with E-state index in [1.54, 1.807) is 12.1 Å². The Morgan fingerprint density at radius 1 is 1.43 bits per heavy atom. The van der Waals surface area contributed by atoms with E-state index in [0.29, 0.717) is 10.3 Å². The molecule has 1 aromatic rings. The van der Waals surface area contributed by atoms with Crippen molar-refractivity contribution >= 4 is 29.2 Å². The number of rotatable bonds is 4. The van der Waals surface area contributed by atoms with Gasteiger partial charge in [0.25, 0.3) is 0 Å². The first-order valence-electron chi connectivity index (χ1n) is 6.80. The highest BCUT2D eigenvalue weighted by Gasteiger charge is 2.30. The molecular weight excluding hydrogens is 315 g/mol. The van der Waals surface area contributed by atoms with Crippen LogP contribution in [0.2, 0.25) is 10.3 Å². The molecule has 0 aliphatic carbocycles. The zero-order chi connectivity index (χ0) is 15.4. The van der Waals surface area contributed by atoms with Crippen molar-refractivity contribution in [2.45, 2.75) is 25.5 Å². The normalized spacial score (nSPS) is 18.5. The number of aliphatic hydroxyl groups is 1. The number of hydrogen-bond acceptors (Lipinski definition) is 5. The van der Waals surface area contributed by atoms with Crippen LogP contribution in [0.25, 0.3) is 0 Å². The summed E-state index contributed by atoms with van der Waals surface area (Å²) in [6.45, 7) is 2.33. The molecule has 0 aromatic carbocycles. The Balaban J connectivity index is 1.88. The second-order valence-corrected chi connectivity index (χ2v) is 5.98. The van der Waals surface area contributed by atoms with E-state index >= 15 is 0 Å². The second-order valence-electron chi connectivity index (χ2n) is 5.20. The topological polar surface area (TPSA) is 62.7 Å². The number of carbonyl (C=O) groups excluding carboxylic acids is 1. The number of aromatic nitrogens is 1. The van der Waals surface area contributed by atoms with Gasteiger partial charge in [-0.05, 0) is 49.5 Å². The van der Waals surface area contributed by atoms with Gasteiger partial charge in [-0.25, -0.2) is 9.78 Å². The molecule has 0 bridgehead atoms. The number of halogens is 2. The van der Waals surface area contributed by atoms with Gasteiger partial charge in [0.05, 0.1) is 7.11 Å². The Morgan fingerprint density at radius 3 is 2.52 bits per heavy atom. The van der Waals surface area contributed by atoms with Gasteiger partial charge < -0.3 is 9.84 Å². The summed E-state index contributed by atoms with van der Waals surface area (Å²) in [7, 11) is 1.29. The molecule has 1 N–H and O–H groups in total. The average molecular weight is 333 g/mol. The van der Waals surface area contributed by atoms with Crippen LogP contribution < -0.4 is 0 Å². The molecule has 1 saturated heterocycles. The van der Waals surface area contributed by atoms with Crippen molar-refractivity contribution in [2.75, 3.05) is 20.2 Å². The Bertz CT molecular complexity index is 485. The third-order valence-electron chi connectivity index (χ3n) is 3.75. The molecule has 2 rings (SSSR count). The number of carbonyl (C=O) groups is 1. The lowest BCUT2D eigenvalue weighted by molar-refractivity contribution is -0.154. The highest BCUT2D eigenvalue weighted by Crippen LogP contribution is 2.24. The van der Waals surface area contributed by atoms with Gasteiger partial charge in [-0.1, -0.05) is 23.2 Å². The van der Waals surface area contributed by atoms with Gasteiger partial charge in [-0.2, -0.15) is 0 Å². The van der Waals surface area contributed by atoms with Crippen molar-refractivity contribution in [3.05, 3.63) is 28.0 Å². The van der Waals surface area contributed by atoms with Crippen molar-refractivity contribution in [1.82, 2.24) is 9.88 Å². The van der Waals surface area contributed by atoms with E-state index in [4.69, 9.17) is 23.2 Å². The van der Waals surface area contributed by atoms with Crippen LogP contribution in [0.3, 0.4) is 0 Å². The van der Waals surface area contributed by atoms with Crippen molar-refractivity contribution in [1.29, 1.82) is 0 Å². The summed E-state index contributed by atoms with van der Waals surface area (Å²) in [5, 5.41) is 10.6. The largest absolute Gasteiger partial charge is 0.467 e. The lowest BCUT2D eigenvalue weighted by Gasteiger charge is -2.33. The Labute approximate surface area is 133 Å². The Hall–Kier alpha value is -0.880. The molecule has 1 aliphatic heterocycles. The van der Waals surface area contributed by atoms with E-state index in [1.165, 1.54) is 7.11 Å². The fourth-order valence-corrected chi connectivity index (χ4v) is 3.11. The minimum absolute atomic E-state index is 0.0432. The summed E-state index contributed by atoms with van der Waals surface area (Å²) in [5.74, 6) is -0.598. The Morgan fingerprint density at radius 2 is 2.00 bits per heavy atom. The van der Waals surface area contributed by atoms with Crippen LogP contribution in [0.5, 0.6) is 0 Å². The van der Waals surface area contributed by atoms with Crippen LogP contribution >= 0.6 is 23.2 Å². The number of hydrogen-bond donors (Lipinski definition) is 1. The van der Waals surface area contributed by atoms with Gasteiger partial charge in [0.2, 0.25) is 0 Å². The first kappa shape index (κ1) is 16.5. The number of ether oxygens (including phenoxy) is 1. The van der Waals surface area contributed by atoms with Crippen molar-refractivity contribution in [3.8, 4) is 0 Å². The van der Waals surface area contributed by atoms with Crippen molar-refractivity contribution in [2.24, 2.45) is 5.92 Å². The number of methoxy groups -OCH3 is 1. The monoisotopic (exact) mass is 332 g/mol. The number of piperidine rings is 1. The highest BCUT2D eigenvalue weighted by molar-refractivity contribution is 6.32. The zero-order valence-electron chi connectivity index (χ0n) is 11.8. The SMILES string of the molecule is COC(=O)C(O)C1CCN(Cc2cc(Cl)nc(Cl)c2)CC1. The van der Waals surface area contributed by atoms with Crippen LogP contribution in [-0.4, -0.2) is 47.3 Å². The summed E-state index contributed by atoms with van der Waals surface area (Å²) in [6.07, 6.45) is 0.480. The molecule has 116 valence electrons. The minimum Gasteiger partial charge on any atom is -0.467 e. The molecule has 0 radical (unpaired) electrons. The van der Waals surface area contributed by atoms with Gasteiger partial charge in [-0.3, -0.25) is 4.90 Å². The number of esters is 1. The molecule has 1 aliphatic rings. The molecule has 1 aromatic heterocycles. The van der Waals surface area contributed by atoms with Crippen LogP contribution in [0.15, 0.2) is 12.1 Å². The molecular formula is C14H18Cl2N2O3. The summed E-state index contributed by atoms with van der Waals surface area (Å²) < 4.78 is 4.58. The van der Waals surface area contributed by atoms with E-state index < -0.39 is 12.1 Å². The highest BCUT2D eigenvalue weighted by atomic mass is 35.5. The maximum absolute atomic E-state index is 11.3. The fraction of sp³-hybridized carbons (Fsp3) is 0.571. The van der Waals surface area contributed by atoms with E-state index in [2.05, 4.69) is 14.6 Å². The number of aliphatic hydroxyl groups excluding tert-OH is 1. The maximum atomic E-state index is 11.3. The molecule has 1 fully saturated rings. The quantitative estimate of drug-likeness (QED) is 0.676. The van der Waals surface area contributed by atoms with Crippen LogP contribution in [0.1, 0.15) is 18.4 Å². The average Bonchev–Trinajstić information content (AvgIpc) is 2.45. The molecule has 0 amide bonds. The lowest BCUT2D eigenvalue weighted by Crippen LogP contribution is -2.40. The number of likely N-dealkylation sites (tertiary alicyclic amines) is 1. The number of nitrogens with zero attached hydrogens (tertiary/aromatic N) is 2. The summed E-state index contributed by atoms with van der Waals surface area (Å²) >= 11 is 11.8. The van der Waals surface area contributed by atoms with E-state index in [9.17, 15) is 9.90 Å². The molecule has 2 heterocycles. The molecule has 0 saturated carbocycles. The lowest BCUT2D eigenvalue weighted by atomic mass is 9.91.